The molecule has 0 unspecified atom stereocenters. The van der Waals surface area contributed by atoms with Gasteiger partial charge in [-0.3, -0.25) is 9.78 Å². The fourth-order valence-corrected chi connectivity index (χ4v) is 2.88. The molecule has 126 valence electrons. The molecule has 1 fully saturated rings. The van der Waals surface area contributed by atoms with Gasteiger partial charge in [0.15, 0.2) is 0 Å². The van der Waals surface area contributed by atoms with E-state index in [0.29, 0.717) is 24.4 Å². The molecule has 24 heavy (non-hydrogen) atoms. The number of nitrogens with one attached hydrogen (secondary N) is 1. The van der Waals surface area contributed by atoms with Crippen LogP contribution >= 0.6 is 0 Å². The molecule has 1 aromatic heterocycles. The lowest BCUT2D eigenvalue weighted by atomic mass is 10.0. The molecule has 0 aliphatic carbocycles. The number of hydrogen-bond donors (Lipinski definition) is 1. The summed E-state index contributed by atoms with van der Waals surface area (Å²) in [5.74, 6) is 0.104. The quantitative estimate of drug-likeness (QED) is 0.918. The van der Waals surface area contributed by atoms with E-state index >= 15 is 0 Å². The van der Waals surface area contributed by atoms with E-state index in [2.05, 4.69) is 10.3 Å². The largest absolute Gasteiger partial charge is 0.381 e. The van der Waals surface area contributed by atoms with Gasteiger partial charge in [-0.05, 0) is 54.5 Å². The molecular formula is C19H21FN2O2. The van der Waals surface area contributed by atoms with Gasteiger partial charge in [0.1, 0.15) is 5.82 Å². The molecule has 0 bridgehead atoms. The second-order valence-corrected chi connectivity index (χ2v) is 6.15. The zero-order valence-corrected chi connectivity index (χ0v) is 13.5. The number of nitrogens with zero attached hydrogens (tertiary/aromatic N) is 1. The van der Waals surface area contributed by atoms with E-state index in [1.165, 1.54) is 12.1 Å². The Hall–Kier alpha value is -2.27. The molecule has 1 aromatic carbocycles. The van der Waals surface area contributed by atoms with Crippen molar-refractivity contribution < 1.29 is 13.9 Å². The number of amides is 1. The van der Waals surface area contributed by atoms with Gasteiger partial charge in [0, 0.05) is 32.2 Å². The van der Waals surface area contributed by atoms with Crippen molar-refractivity contribution >= 4 is 5.91 Å². The van der Waals surface area contributed by atoms with Crippen molar-refractivity contribution in [3.8, 4) is 0 Å². The summed E-state index contributed by atoms with van der Waals surface area (Å²) >= 11 is 0. The molecule has 3 rings (SSSR count). The van der Waals surface area contributed by atoms with Gasteiger partial charge in [0.25, 0.3) is 5.91 Å². The molecule has 1 aliphatic heterocycles. The molecule has 1 amide bonds. The molecule has 0 atom stereocenters. The lowest BCUT2D eigenvalue weighted by molar-refractivity contribution is 0.0642. The van der Waals surface area contributed by atoms with Gasteiger partial charge in [-0.25, -0.2) is 4.39 Å². The highest BCUT2D eigenvalue weighted by atomic mass is 19.1. The van der Waals surface area contributed by atoms with Crippen LogP contribution < -0.4 is 5.32 Å². The zero-order valence-electron chi connectivity index (χ0n) is 13.5. The minimum atomic E-state index is -0.259. The summed E-state index contributed by atoms with van der Waals surface area (Å²) in [6, 6.07) is 8.28. The Kier molecular flexibility index (Phi) is 5.54. The number of ether oxygens (including phenoxy) is 1. The van der Waals surface area contributed by atoms with Gasteiger partial charge in [-0.1, -0.05) is 12.1 Å². The van der Waals surface area contributed by atoms with Crippen LogP contribution in [0.5, 0.6) is 0 Å². The number of hydrogen-bond acceptors (Lipinski definition) is 3. The minimum Gasteiger partial charge on any atom is -0.381 e. The predicted molar refractivity (Wildman–Crippen MR) is 89.3 cm³/mol. The first-order valence-corrected chi connectivity index (χ1v) is 8.25. The second kappa shape index (κ2) is 8.02. The summed E-state index contributed by atoms with van der Waals surface area (Å²) in [5, 5.41) is 2.97. The van der Waals surface area contributed by atoms with Gasteiger partial charge in [0.05, 0.1) is 5.56 Å². The van der Waals surface area contributed by atoms with Crippen LogP contribution in [0.4, 0.5) is 4.39 Å². The third-order valence-corrected chi connectivity index (χ3v) is 4.25. The van der Waals surface area contributed by atoms with E-state index in [1.54, 1.807) is 18.5 Å². The number of aromatic nitrogens is 1. The van der Waals surface area contributed by atoms with Crippen molar-refractivity contribution in [1.82, 2.24) is 10.3 Å². The smallest absolute Gasteiger partial charge is 0.252 e. The summed E-state index contributed by atoms with van der Waals surface area (Å²) in [7, 11) is 0. The highest BCUT2D eigenvalue weighted by molar-refractivity contribution is 5.94. The zero-order chi connectivity index (χ0) is 16.8. The van der Waals surface area contributed by atoms with Crippen LogP contribution in [0.3, 0.4) is 0 Å². The first-order chi connectivity index (χ1) is 11.7. The molecule has 1 N–H and O–H groups in total. The Morgan fingerprint density at radius 2 is 2.04 bits per heavy atom. The number of pyridine rings is 1. The Morgan fingerprint density at radius 3 is 2.83 bits per heavy atom. The molecule has 0 spiro atoms. The van der Waals surface area contributed by atoms with Crippen LogP contribution in [0.25, 0.3) is 0 Å². The molecule has 2 aromatic rings. The molecule has 0 radical (unpaired) electrons. The van der Waals surface area contributed by atoms with Crippen molar-refractivity contribution in [3.05, 3.63) is 65.2 Å². The Labute approximate surface area is 141 Å². The van der Waals surface area contributed by atoms with E-state index < -0.39 is 0 Å². The minimum absolute atomic E-state index is 0.116. The van der Waals surface area contributed by atoms with Crippen LogP contribution in [0.1, 0.15) is 34.3 Å². The third kappa shape index (κ3) is 4.61. The lowest BCUT2D eigenvalue weighted by Crippen LogP contribution is -2.32. The normalized spacial score (nSPS) is 15.2. The molecule has 1 saturated heterocycles. The summed E-state index contributed by atoms with van der Waals surface area (Å²) in [4.78, 5) is 16.4. The summed E-state index contributed by atoms with van der Waals surface area (Å²) in [6.45, 7) is 2.20. The third-order valence-electron chi connectivity index (χ3n) is 4.25. The number of carbonyl (C=O) groups is 1. The van der Waals surface area contributed by atoms with Crippen molar-refractivity contribution in [2.24, 2.45) is 5.92 Å². The Balaban J connectivity index is 1.60. The van der Waals surface area contributed by atoms with Crippen LogP contribution in [-0.2, 0) is 11.2 Å². The van der Waals surface area contributed by atoms with Crippen molar-refractivity contribution in [3.63, 3.8) is 0 Å². The van der Waals surface area contributed by atoms with Gasteiger partial charge in [-0.2, -0.15) is 0 Å². The van der Waals surface area contributed by atoms with Crippen LogP contribution in [0.15, 0.2) is 42.7 Å². The second-order valence-electron chi connectivity index (χ2n) is 6.15. The average molecular weight is 328 g/mol. The highest BCUT2D eigenvalue weighted by Gasteiger charge is 2.15. The molecule has 0 saturated carbocycles. The fourth-order valence-electron chi connectivity index (χ4n) is 2.88. The maximum absolute atomic E-state index is 13.3. The monoisotopic (exact) mass is 328 g/mol. The Bertz CT molecular complexity index is 699. The summed E-state index contributed by atoms with van der Waals surface area (Å²) < 4.78 is 18.6. The van der Waals surface area contributed by atoms with Gasteiger partial charge < -0.3 is 10.1 Å². The van der Waals surface area contributed by atoms with Crippen molar-refractivity contribution in [2.45, 2.75) is 19.3 Å². The summed E-state index contributed by atoms with van der Waals surface area (Å²) in [6.07, 6.45) is 5.79. The Morgan fingerprint density at radius 1 is 1.21 bits per heavy atom. The molecule has 2 heterocycles. The van der Waals surface area contributed by atoms with Crippen molar-refractivity contribution in [1.29, 1.82) is 0 Å². The average Bonchev–Trinajstić information content (AvgIpc) is 2.61. The number of benzene rings is 1. The van der Waals surface area contributed by atoms with E-state index in [-0.39, 0.29) is 11.7 Å². The van der Waals surface area contributed by atoms with E-state index in [9.17, 15) is 9.18 Å². The number of halogens is 1. The van der Waals surface area contributed by atoms with E-state index in [1.807, 2.05) is 12.1 Å². The number of rotatable bonds is 5. The van der Waals surface area contributed by atoms with E-state index in [4.69, 9.17) is 4.74 Å². The van der Waals surface area contributed by atoms with Crippen LogP contribution in [-0.4, -0.2) is 30.6 Å². The maximum atomic E-state index is 13.3. The van der Waals surface area contributed by atoms with Gasteiger partial charge in [0.2, 0.25) is 0 Å². The standard InChI is InChI=1S/C19H21FN2O2/c20-18-3-1-2-15(10-18)8-16-9-17(13-21-11-16)19(23)22-12-14-4-6-24-7-5-14/h1-3,9-11,13-14H,4-8,12H2,(H,22,23). The first kappa shape index (κ1) is 16.6. The maximum Gasteiger partial charge on any atom is 0.252 e. The SMILES string of the molecule is O=C(NCC1CCOCC1)c1cncc(Cc2cccc(F)c2)c1. The van der Waals surface area contributed by atoms with Gasteiger partial charge >= 0.3 is 0 Å². The predicted octanol–water partition coefficient (Wildman–Crippen LogP) is 2.97. The molecule has 1 aliphatic rings. The van der Waals surface area contributed by atoms with Gasteiger partial charge in [-0.15, -0.1) is 0 Å². The lowest BCUT2D eigenvalue weighted by Gasteiger charge is -2.22. The molecule has 4 nitrogen and oxygen atoms in total. The van der Waals surface area contributed by atoms with Crippen LogP contribution in [0, 0.1) is 11.7 Å². The van der Waals surface area contributed by atoms with E-state index in [0.717, 1.165) is 37.2 Å². The topological polar surface area (TPSA) is 51.2 Å². The first-order valence-electron chi connectivity index (χ1n) is 8.25. The molecular weight excluding hydrogens is 307 g/mol. The van der Waals surface area contributed by atoms with Crippen LogP contribution in [0.2, 0.25) is 0 Å². The highest BCUT2D eigenvalue weighted by Crippen LogP contribution is 2.14. The van der Waals surface area contributed by atoms with Crippen molar-refractivity contribution in [2.75, 3.05) is 19.8 Å². The fraction of sp³-hybridized carbons (Fsp3) is 0.368. The number of carbonyl (C=O) groups excluding carboxylic acids is 1. The summed E-state index contributed by atoms with van der Waals surface area (Å²) in [5.41, 5.74) is 2.28. The molecule has 5 heteroatoms.